The Bertz CT molecular complexity index is 710. The second kappa shape index (κ2) is 11.1. The number of benzene rings is 1. The first-order valence-electron chi connectivity index (χ1n) is 9.73. The van der Waals surface area contributed by atoms with E-state index >= 15 is 0 Å². The highest BCUT2D eigenvalue weighted by Crippen LogP contribution is 2.37. The van der Waals surface area contributed by atoms with Crippen LogP contribution in [0.5, 0.6) is 0 Å². The maximum Gasteiger partial charge on any atom is 0.310 e. The van der Waals surface area contributed by atoms with E-state index in [2.05, 4.69) is 0 Å². The minimum Gasteiger partial charge on any atom is -0.481 e. The second-order valence-electron chi connectivity index (χ2n) is 8.49. The molecule has 1 aromatic rings. The molecule has 1 aromatic carbocycles. The van der Waals surface area contributed by atoms with E-state index in [0.717, 1.165) is 5.56 Å². The molecule has 168 valence electrons. The molecule has 8 heteroatoms. The summed E-state index contributed by atoms with van der Waals surface area (Å²) in [5, 5.41) is 20.2. The third-order valence-electron chi connectivity index (χ3n) is 4.60. The van der Waals surface area contributed by atoms with E-state index in [1.54, 1.807) is 20.8 Å². The standard InChI is InChI=1S/C22H32O8/c1-15(23)29-13-18(24)22(5,14-28-12-16-9-7-6-8-10-16)17(11-19(25)26)20(27)30-21(2,3)4/h6-10,17-18,24H,11-14H2,1-5H3,(H,25,26)/t17-,18+,22?/m0/s1. The van der Waals surface area contributed by atoms with Gasteiger partial charge in [0.1, 0.15) is 12.2 Å². The summed E-state index contributed by atoms with van der Waals surface area (Å²) < 4.78 is 16.1. The number of ether oxygens (including phenoxy) is 3. The molecular weight excluding hydrogens is 392 g/mol. The summed E-state index contributed by atoms with van der Waals surface area (Å²) in [6.07, 6.45) is -1.92. The lowest BCUT2D eigenvalue weighted by Crippen LogP contribution is -2.50. The highest BCUT2D eigenvalue weighted by Gasteiger charge is 2.48. The van der Waals surface area contributed by atoms with Gasteiger partial charge >= 0.3 is 17.9 Å². The van der Waals surface area contributed by atoms with Gasteiger partial charge in [0, 0.05) is 12.3 Å². The topological polar surface area (TPSA) is 119 Å². The number of carbonyl (C=O) groups excluding carboxylic acids is 2. The largest absolute Gasteiger partial charge is 0.481 e. The van der Waals surface area contributed by atoms with Crippen molar-refractivity contribution in [3.63, 3.8) is 0 Å². The first-order valence-corrected chi connectivity index (χ1v) is 9.73. The molecule has 0 saturated heterocycles. The minimum absolute atomic E-state index is 0.151. The lowest BCUT2D eigenvalue weighted by Gasteiger charge is -2.40. The van der Waals surface area contributed by atoms with Gasteiger partial charge in [-0.2, -0.15) is 0 Å². The van der Waals surface area contributed by atoms with E-state index in [1.165, 1.54) is 13.8 Å². The SMILES string of the molecule is CC(=O)OC[C@@H](O)C(C)(COCc1ccccc1)[C@@H](CC(=O)O)C(=O)OC(C)(C)C. The van der Waals surface area contributed by atoms with Crippen molar-refractivity contribution in [2.45, 2.75) is 59.4 Å². The molecule has 3 atom stereocenters. The molecule has 0 fully saturated rings. The third kappa shape index (κ3) is 8.51. The number of hydrogen-bond acceptors (Lipinski definition) is 7. The van der Waals surface area contributed by atoms with Crippen LogP contribution in [0.3, 0.4) is 0 Å². The number of esters is 2. The number of aliphatic carboxylic acids is 1. The highest BCUT2D eigenvalue weighted by atomic mass is 16.6. The fourth-order valence-electron chi connectivity index (χ4n) is 2.91. The molecule has 2 N–H and O–H groups in total. The van der Waals surface area contributed by atoms with Crippen LogP contribution in [0.2, 0.25) is 0 Å². The van der Waals surface area contributed by atoms with Crippen LogP contribution >= 0.6 is 0 Å². The molecule has 0 aliphatic heterocycles. The van der Waals surface area contributed by atoms with Crippen LogP contribution in [0, 0.1) is 11.3 Å². The third-order valence-corrected chi connectivity index (χ3v) is 4.60. The van der Waals surface area contributed by atoms with Gasteiger partial charge < -0.3 is 24.4 Å². The molecule has 1 rings (SSSR count). The Morgan fingerprint density at radius 2 is 1.67 bits per heavy atom. The van der Waals surface area contributed by atoms with Gasteiger partial charge in [0.15, 0.2) is 0 Å². The number of carboxylic acid groups (broad SMARTS) is 1. The molecule has 8 nitrogen and oxygen atoms in total. The molecule has 30 heavy (non-hydrogen) atoms. The predicted molar refractivity (Wildman–Crippen MR) is 108 cm³/mol. The normalized spacial score (nSPS) is 15.5. The zero-order chi connectivity index (χ0) is 22.9. The summed E-state index contributed by atoms with van der Waals surface area (Å²) in [6.45, 7) is 7.37. The van der Waals surface area contributed by atoms with Crippen molar-refractivity contribution in [3.05, 3.63) is 35.9 Å². The fraction of sp³-hybridized carbons (Fsp3) is 0.591. The molecule has 0 amide bonds. The van der Waals surface area contributed by atoms with Gasteiger partial charge in [-0.3, -0.25) is 14.4 Å². The number of aliphatic hydroxyl groups is 1. The first-order chi connectivity index (χ1) is 13.8. The van der Waals surface area contributed by atoms with Crippen LogP contribution < -0.4 is 0 Å². The van der Waals surface area contributed by atoms with Gasteiger partial charge in [-0.1, -0.05) is 37.3 Å². The van der Waals surface area contributed by atoms with Crippen LogP contribution in [0.4, 0.5) is 0 Å². The van der Waals surface area contributed by atoms with Crippen molar-refractivity contribution in [3.8, 4) is 0 Å². The van der Waals surface area contributed by atoms with Gasteiger partial charge in [0.2, 0.25) is 0 Å². The highest BCUT2D eigenvalue weighted by molar-refractivity contribution is 5.80. The molecule has 0 heterocycles. The molecule has 0 radical (unpaired) electrons. The van der Waals surface area contributed by atoms with E-state index in [0.29, 0.717) is 0 Å². The van der Waals surface area contributed by atoms with E-state index in [-0.39, 0.29) is 13.2 Å². The monoisotopic (exact) mass is 424 g/mol. The van der Waals surface area contributed by atoms with Crippen LogP contribution in [0.25, 0.3) is 0 Å². The van der Waals surface area contributed by atoms with E-state index in [9.17, 15) is 24.6 Å². The Labute approximate surface area is 177 Å². The summed E-state index contributed by atoms with van der Waals surface area (Å²) in [4.78, 5) is 35.5. The van der Waals surface area contributed by atoms with Crippen molar-refractivity contribution in [2.24, 2.45) is 11.3 Å². The van der Waals surface area contributed by atoms with Gasteiger partial charge in [-0.25, -0.2) is 0 Å². The summed E-state index contributed by atoms with van der Waals surface area (Å²) in [6, 6.07) is 9.27. The summed E-state index contributed by atoms with van der Waals surface area (Å²) in [7, 11) is 0. The van der Waals surface area contributed by atoms with Crippen molar-refractivity contribution >= 4 is 17.9 Å². The van der Waals surface area contributed by atoms with Gasteiger partial charge in [0.05, 0.1) is 31.7 Å². The van der Waals surface area contributed by atoms with Crippen LogP contribution in [-0.2, 0) is 35.2 Å². The Kier molecular flexibility index (Phi) is 9.45. The molecule has 0 aliphatic rings. The zero-order valence-corrected chi connectivity index (χ0v) is 18.2. The fourth-order valence-corrected chi connectivity index (χ4v) is 2.91. The van der Waals surface area contributed by atoms with E-state index in [1.807, 2.05) is 30.3 Å². The Hall–Kier alpha value is -2.45. The summed E-state index contributed by atoms with van der Waals surface area (Å²) >= 11 is 0. The quantitative estimate of drug-likeness (QED) is 0.520. The molecule has 0 spiro atoms. The Morgan fingerprint density at radius 1 is 1.07 bits per heavy atom. The van der Waals surface area contributed by atoms with Crippen molar-refractivity contribution in [1.82, 2.24) is 0 Å². The molecule has 0 aromatic heterocycles. The van der Waals surface area contributed by atoms with Crippen molar-refractivity contribution < 1.29 is 38.8 Å². The van der Waals surface area contributed by atoms with Gasteiger partial charge in [-0.15, -0.1) is 0 Å². The van der Waals surface area contributed by atoms with Crippen LogP contribution in [0.1, 0.15) is 46.6 Å². The first kappa shape index (κ1) is 25.6. The maximum absolute atomic E-state index is 12.9. The van der Waals surface area contributed by atoms with Crippen molar-refractivity contribution in [2.75, 3.05) is 13.2 Å². The number of carboxylic acids is 1. The van der Waals surface area contributed by atoms with E-state index in [4.69, 9.17) is 14.2 Å². The van der Waals surface area contributed by atoms with Gasteiger partial charge in [-0.05, 0) is 26.3 Å². The molecular formula is C22H32O8. The van der Waals surface area contributed by atoms with Crippen molar-refractivity contribution in [1.29, 1.82) is 0 Å². The minimum atomic E-state index is -1.38. The second-order valence-corrected chi connectivity index (χ2v) is 8.49. The number of rotatable bonds is 11. The number of hydrogen-bond donors (Lipinski definition) is 2. The molecule has 0 aliphatic carbocycles. The lowest BCUT2D eigenvalue weighted by molar-refractivity contribution is -0.180. The van der Waals surface area contributed by atoms with Crippen LogP contribution in [0.15, 0.2) is 30.3 Å². The zero-order valence-electron chi connectivity index (χ0n) is 18.2. The maximum atomic E-state index is 12.9. The smallest absolute Gasteiger partial charge is 0.310 e. The predicted octanol–water partition coefficient (Wildman–Crippen LogP) is 2.57. The average molecular weight is 424 g/mol. The average Bonchev–Trinajstić information content (AvgIpc) is 2.63. The molecule has 0 bridgehead atoms. The Balaban J connectivity index is 3.14. The number of aliphatic hydroxyl groups excluding tert-OH is 1. The molecule has 0 saturated carbocycles. The van der Waals surface area contributed by atoms with Gasteiger partial charge in [0.25, 0.3) is 0 Å². The van der Waals surface area contributed by atoms with Crippen LogP contribution in [-0.4, -0.2) is 53.0 Å². The Morgan fingerprint density at radius 3 is 2.17 bits per heavy atom. The lowest BCUT2D eigenvalue weighted by atomic mass is 9.71. The van der Waals surface area contributed by atoms with E-state index < -0.39 is 54.0 Å². The molecule has 1 unspecified atom stereocenters. The summed E-state index contributed by atoms with van der Waals surface area (Å²) in [5.41, 5.74) is -1.35. The summed E-state index contributed by atoms with van der Waals surface area (Å²) in [5.74, 6) is -3.82. The number of carbonyl (C=O) groups is 3.